The number of nitrogens with one attached hydrogen (secondary N) is 1. The smallest absolute Gasteiger partial charge is 0.244 e. The van der Waals surface area contributed by atoms with Gasteiger partial charge in [-0.2, -0.15) is 0 Å². The molecule has 0 spiro atoms. The van der Waals surface area contributed by atoms with Crippen molar-refractivity contribution in [1.82, 2.24) is 0 Å². The van der Waals surface area contributed by atoms with E-state index < -0.39 is 23.4 Å². The van der Waals surface area contributed by atoms with Crippen LogP contribution in [0.15, 0.2) is 36.4 Å². The van der Waals surface area contributed by atoms with E-state index in [0.29, 0.717) is 15.7 Å². The van der Waals surface area contributed by atoms with Crippen LogP contribution in [0.4, 0.5) is 20.2 Å². The highest BCUT2D eigenvalue weighted by atomic mass is 35.5. The van der Waals surface area contributed by atoms with Gasteiger partial charge in [0.05, 0.1) is 0 Å². The van der Waals surface area contributed by atoms with Crippen LogP contribution in [0.2, 0.25) is 10.0 Å². The lowest BCUT2D eigenvalue weighted by Crippen LogP contribution is -2.36. The molecule has 126 valence electrons. The van der Waals surface area contributed by atoms with Gasteiger partial charge in [-0.3, -0.25) is 9.59 Å². The van der Waals surface area contributed by atoms with E-state index in [2.05, 4.69) is 5.32 Å². The summed E-state index contributed by atoms with van der Waals surface area (Å²) in [5.74, 6) is -3.20. The molecule has 0 aliphatic heterocycles. The van der Waals surface area contributed by atoms with Crippen molar-refractivity contribution in [2.45, 2.75) is 6.92 Å². The Morgan fingerprint density at radius 1 is 1.04 bits per heavy atom. The maximum Gasteiger partial charge on any atom is 0.244 e. The molecule has 1 N–H and O–H groups in total. The van der Waals surface area contributed by atoms with Crippen LogP contribution >= 0.6 is 23.2 Å². The Hall–Kier alpha value is -2.18. The maximum atomic E-state index is 13.3. The molecule has 2 aromatic carbocycles. The molecular formula is C16H12Cl2F2N2O2. The summed E-state index contributed by atoms with van der Waals surface area (Å²) in [7, 11) is 0. The van der Waals surface area contributed by atoms with Crippen molar-refractivity contribution in [3.63, 3.8) is 0 Å². The molecule has 0 unspecified atom stereocenters. The quantitative estimate of drug-likeness (QED) is 0.871. The topological polar surface area (TPSA) is 49.4 Å². The standard InChI is InChI=1S/C16H12Cl2F2N2O2/c1-9(23)22(13-2-3-14(19)15(20)7-13)8-16(24)21-12-5-10(17)4-11(18)6-12/h2-7H,8H2,1H3,(H,21,24). The molecule has 0 saturated carbocycles. The van der Waals surface area contributed by atoms with Gasteiger partial charge in [-0.25, -0.2) is 8.78 Å². The van der Waals surface area contributed by atoms with E-state index in [1.807, 2.05) is 0 Å². The van der Waals surface area contributed by atoms with E-state index >= 15 is 0 Å². The van der Waals surface area contributed by atoms with Crippen molar-refractivity contribution in [2.24, 2.45) is 0 Å². The second kappa shape index (κ2) is 7.59. The van der Waals surface area contributed by atoms with Crippen LogP contribution in [-0.2, 0) is 9.59 Å². The molecule has 2 amide bonds. The molecule has 0 saturated heterocycles. The van der Waals surface area contributed by atoms with Crippen LogP contribution < -0.4 is 10.2 Å². The fourth-order valence-electron chi connectivity index (χ4n) is 2.01. The minimum absolute atomic E-state index is 0.0701. The van der Waals surface area contributed by atoms with Crippen LogP contribution in [0, 0.1) is 11.6 Å². The summed E-state index contributed by atoms with van der Waals surface area (Å²) in [5.41, 5.74) is 0.423. The summed E-state index contributed by atoms with van der Waals surface area (Å²) in [6.45, 7) is 0.829. The van der Waals surface area contributed by atoms with Gasteiger partial charge in [0, 0.05) is 34.4 Å². The van der Waals surface area contributed by atoms with Crippen LogP contribution in [0.1, 0.15) is 6.92 Å². The zero-order valence-corrected chi connectivity index (χ0v) is 14.0. The lowest BCUT2D eigenvalue weighted by Gasteiger charge is -2.21. The molecule has 0 aliphatic carbocycles. The molecule has 2 aromatic rings. The van der Waals surface area contributed by atoms with Crippen molar-refractivity contribution in [3.05, 3.63) is 58.1 Å². The van der Waals surface area contributed by atoms with Crippen LogP contribution in [0.3, 0.4) is 0 Å². The molecule has 4 nitrogen and oxygen atoms in total. The first-order valence-corrected chi connectivity index (χ1v) is 7.51. The molecule has 24 heavy (non-hydrogen) atoms. The Balaban J connectivity index is 2.16. The van der Waals surface area contributed by atoms with E-state index in [-0.39, 0.29) is 12.2 Å². The summed E-state index contributed by atoms with van der Waals surface area (Å²) in [4.78, 5) is 24.9. The van der Waals surface area contributed by atoms with E-state index in [0.717, 1.165) is 17.0 Å². The number of rotatable bonds is 4. The number of benzene rings is 2. The molecule has 0 bridgehead atoms. The number of amides is 2. The fraction of sp³-hybridized carbons (Fsp3) is 0.125. The molecule has 8 heteroatoms. The lowest BCUT2D eigenvalue weighted by molar-refractivity contribution is -0.120. The summed E-state index contributed by atoms with van der Waals surface area (Å²) >= 11 is 11.7. The first-order chi connectivity index (χ1) is 11.3. The number of hydrogen-bond donors (Lipinski definition) is 1. The van der Waals surface area contributed by atoms with Crippen molar-refractivity contribution in [1.29, 1.82) is 0 Å². The predicted molar refractivity (Wildman–Crippen MR) is 89.5 cm³/mol. The Kier molecular flexibility index (Phi) is 5.75. The van der Waals surface area contributed by atoms with Gasteiger partial charge in [-0.1, -0.05) is 23.2 Å². The third-order valence-corrected chi connectivity index (χ3v) is 3.48. The molecule has 0 radical (unpaired) electrons. The van der Waals surface area contributed by atoms with E-state index in [1.165, 1.54) is 31.2 Å². The van der Waals surface area contributed by atoms with Gasteiger partial charge in [0.15, 0.2) is 11.6 Å². The van der Waals surface area contributed by atoms with Crippen LogP contribution in [0.25, 0.3) is 0 Å². The van der Waals surface area contributed by atoms with Crippen molar-refractivity contribution >= 4 is 46.4 Å². The largest absolute Gasteiger partial charge is 0.324 e. The summed E-state index contributed by atoms with van der Waals surface area (Å²) in [5, 5.41) is 3.21. The van der Waals surface area contributed by atoms with Crippen LogP contribution in [-0.4, -0.2) is 18.4 Å². The highest BCUT2D eigenvalue weighted by Gasteiger charge is 2.17. The zero-order valence-electron chi connectivity index (χ0n) is 12.4. The number of carbonyl (C=O) groups is 2. The number of nitrogens with zero attached hydrogens (tertiary/aromatic N) is 1. The Morgan fingerprint density at radius 2 is 1.67 bits per heavy atom. The highest BCUT2D eigenvalue weighted by Crippen LogP contribution is 2.23. The average molecular weight is 373 g/mol. The average Bonchev–Trinajstić information content (AvgIpc) is 2.46. The fourth-order valence-corrected chi connectivity index (χ4v) is 2.53. The number of anilines is 2. The zero-order chi connectivity index (χ0) is 17.9. The van der Waals surface area contributed by atoms with Gasteiger partial charge in [0.25, 0.3) is 0 Å². The van der Waals surface area contributed by atoms with Gasteiger partial charge in [0.2, 0.25) is 11.8 Å². The first kappa shape index (κ1) is 18.2. The third kappa shape index (κ3) is 4.66. The summed E-state index contributed by atoms with van der Waals surface area (Å²) in [6.07, 6.45) is 0. The van der Waals surface area contributed by atoms with Gasteiger partial charge in [0.1, 0.15) is 6.54 Å². The maximum absolute atomic E-state index is 13.3. The lowest BCUT2D eigenvalue weighted by atomic mass is 10.2. The summed E-state index contributed by atoms with van der Waals surface area (Å²) in [6, 6.07) is 7.42. The van der Waals surface area contributed by atoms with Gasteiger partial charge in [-0.15, -0.1) is 0 Å². The van der Waals surface area contributed by atoms with Crippen molar-refractivity contribution < 1.29 is 18.4 Å². The molecule has 2 rings (SSSR count). The first-order valence-electron chi connectivity index (χ1n) is 6.75. The molecule has 0 fully saturated rings. The minimum atomic E-state index is -1.11. The van der Waals surface area contributed by atoms with Crippen molar-refractivity contribution in [3.8, 4) is 0 Å². The third-order valence-electron chi connectivity index (χ3n) is 3.04. The SMILES string of the molecule is CC(=O)N(CC(=O)Nc1cc(Cl)cc(Cl)c1)c1ccc(F)c(F)c1. The van der Waals surface area contributed by atoms with Crippen molar-refractivity contribution in [2.75, 3.05) is 16.8 Å². The Labute approximate surface area is 147 Å². The Morgan fingerprint density at radius 3 is 2.21 bits per heavy atom. The molecule has 0 aromatic heterocycles. The second-order valence-electron chi connectivity index (χ2n) is 4.91. The monoisotopic (exact) mass is 372 g/mol. The number of carbonyl (C=O) groups excluding carboxylic acids is 2. The highest BCUT2D eigenvalue weighted by molar-refractivity contribution is 6.35. The molecule has 0 heterocycles. The predicted octanol–water partition coefficient (Wildman–Crippen LogP) is 4.26. The Bertz CT molecular complexity index is 779. The van der Waals surface area contributed by atoms with Gasteiger partial charge < -0.3 is 10.2 Å². The molecule has 0 aliphatic rings. The minimum Gasteiger partial charge on any atom is -0.324 e. The van der Waals surface area contributed by atoms with E-state index in [4.69, 9.17) is 23.2 Å². The van der Waals surface area contributed by atoms with Crippen LogP contribution in [0.5, 0.6) is 0 Å². The number of hydrogen-bond acceptors (Lipinski definition) is 2. The second-order valence-corrected chi connectivity index (χ2v) is 5.78. The van der Waals surface area contributed by atoms with Gasteiger partial charge in [-0.05, 0) is 30.3 Å². The molecule has 0 atom stereocenters. The van der Waals surface area contributed by atoms with Gasteiger partial charge >= 0.3 is 0 Å². The molecular weight excluding hydrogens is 361 g/mol. The van der Waals surface area contributed by atoms with E-state index in [9.17, 15) is 18.4 Å². The number of halogens is 4. The summed E-state index contributed by atoms with van der Waals surface area (Å²) < 4.78 is 26.3. The normalized spacial score (nSPS) is 10.4. The van der Waals surface area contributed by atoms with E-state index in [1.54, 1.807) is 0 Å².